The second-order valence-electron chi connectivity index (χ2n) is 4.51. The van der Waals surface area contributed by atoms with Crippen LogP contribution in [-0.2, 0) is 11.3 Å². The van der Waals surface area contributed by atoms with E-state index in [1.54, 1.807) is 12.1 Å². The molecule has 0 radical (unpaired) electrons. The van der Waals surface area contributed by atoms with E-state index < -0.39 is 5.76 Å². The molecule has 2 aromatic heterocycles. The summed E-state index contributed by atoms with van der Waals surface area (Å²) in [5, 5.41) is 23.1. The Morgan fingerprint density at radius 3 is 2.61 bits per heavy atom. The van der Waals surface area contributed by atoms with Gasteiger partial charge in [0.15, 0.2) is 0 Å². The lowest BCUT2D eigenvalue weighted by molar-refractivity contribution is -0.132. The van der Waals surface area contributed by atoms with Gasteiger partial charge in [-0.3, -0.25) is 4.79 Å². The number of hydrogen-bond acceptors (Lipinski definition) is 7. The zero-order valence-corrected chi connectivity index (χ0v) is 13.0. The molecule has 0 aromatic carbocycles. The van der Waals surface area contributed by atoms with Crippen molar-refractivity contribution in [2.45, 2.75) is 19.4 Å². The third kappa shape index (κ3) is 4.28. The van der Waals surface area contributed by atoms with Gasteiger partial charge in [-0.15, -0.1) is 16.4 Å². The predicted molar refractivity (Wildman–Crippen MR) is 81.1 cm³/mol. The first-order valence-electron chi connectivity index (χ1n) is 6.79. The van der Waals surface area contributed by atoms with Gasteiger partial charge in [-0.1, -0.05) is 6.07 Å². The number of carbonyl (C=O) groups excluding carboxylic acids is 1. The molecule has 0 fully saturated rings. The summed E-state index contributed by atoms with van der Waals surface area (Å²) >= 11 is 1.37. The Balaban J connectivity index is 2.10. The number of hydrogen-bond donors (Lipinski definition) is 0. The van der Waals surface area contributed by atoms with Gasteiger partial charge in [0.1, 0.15) is 6.54 Å². The van der Waals surface area contributed by atoms with Crippen molar-refractivity contribution in [3.05, 3.63) is 28.1 Å². The van der Waals surface area contributed by atoms with Crippen LogP contribution in [0.1, 0.15) is 12.8 Å². The number of carbonyl (C=O) groups is 1. The summed E-state index contributed by atoms with van der Waals surface area (Å²) in [4.78, 5) is 26.1. The Morgan fingerprint density at radius 2 is 2.04 bits per heavy atom. The molecule has 0 unspecified atom stereocenters. The third-order valence-electron chi connectivity index (χ3n) is 2.96. The van der Waals surface area contributed by atoms with E-state index in [1.165, 1.54) is 16.2 Å². The Morgan fingerprint density at radius 1 is 1.35 bits per heavy atom. The summed E-state index contributed by atoms with van der Waals surface area (Å²) in [6, 6.07) is 7.46. The number of nitriles is 2. The quantitative estimate of drug-likeness (QED) is 0.753. The first-order valence-corrected chi connectivity index (χ1v) is 7.67. The minimum atomic E-state index is -0.720. The summed E-state index contributed by atoms with van der Waals surface area (Å²) in [6.45, 7) is 0.132. The Kier molecular flexibility index (Phi) is 5.67. The Bertz CT molecular complexity index is 776. The topological polar surface area (TPSA) is 116 Å². The van der Waals surface area contributed by atoms with E-state index in [1.807, 2.05) is 17.5 Å². The van der Waals surface area contributed by atoms with Crippen LogP contribution in [0.2, 0.25) is 0 Å². The molecule has 0 saturated carbocycles. The number of nitrogens with zero attached hydrogens (tertiary/aromatic N) is 5. The lowest BCUT2D eigenvalue weighted by atomic mass is 10.3. The maximum Gasteiger partial charge on any atom is 0.437 e. The van der Waals surface area contributed by atoms with Gasteiger partial charge in [-0.2, -0.15) is 15.2 Å². The van der Waals surface area contributed by atoms with Gasteiger partial charge in [0.05, 0.1) is 29.9 Å². The molecule has 0 bridgehead atoms. The molecule has 0 atom stereocenters. The standard InChI is InChI=1S/C14H13N5O3S/c15-5-2-7-18(8-3-6-16)12(20)10-19-14(21)22-13(17-19)11-4-1-9-23-11/h1,4,9H,2-3,7-8,10H2. The Labute approximate surface area is 135 Å². The molecule has 2 rings (SSSR count). The van der Waals surface area contributed by atoms with Crippen molar-refractivity contribution in [1.82, 2.24) is 14.7 Å². The molecule has 118 valence electrons. The van der Waals surface area contributed by atoms with E-state index in [0.29, 0.717) is 4.88 Å². The van der Waals surface area contributed by atoms with Gasteiger partial charge in [0.25, 0.3) is 5.89 Å². The maximum atomic E-state index is 12.2. The van der Waals surface area contributed by atoms with Crippen molar-refractivity contribution < 1.29 is 9.21 Å². The van der Waals surface area contributed by atoms with Crippen molar-refractivity contribution in [2.75, 3.05) is 13.1 Å². The lowest BCUT2D eigenvalue weighted by Gasteiger charge is -2.19. The molecule has 23 heavy (non-hydrogen) atoms. The molecule has 1 amide bonds. The largest absolute Gasteiger partial charge is 0.437 e. The predicted octanol–water partition coefficient (Wildman–Crippen LogP) is 1.22. The fourth-order valence-corrected chi connectivity index (χ4v) is 2.51. The van der Waals surface area contributed by atoms with Crippen molar-refractivity contribution >= 4 is 17.2 Å². The van der Waals surface area contributed by atoms with Crippen LogP contribution in [0.15, 0.2) is 26.7 Å². The molecular weight excluding hydrogens is 318 g/mol. The molecule has 2 heterocycles. The second kappa shape index (κ2) is 7.92. The zero-order chi connectivity index (χ0) is 16.7. The summed E-state index contributed by atoms with van der Waals surface area (Å²) in [6.07, 6.45) is 0.316. The first kappa shape index (κ1) is 16.5. The smallest absolute Gasteiger partial charge is 0.387 e. The van der Waals surface area contributed by atoms with Crippen LogP contribution in [0.5, 0.6) is 0 Å². The van der Waals surface area contributed by atoms with E-state index in [-0.39, 0.29) is 44.3 Å². The highest BCUT2D eigenvalue weighted by Crippen LogP contribution is 2.20. The minimum absolute atomic E-state index is 0.158. The highest BCUT2D eigenvalue weighted by molar-refractivity contribution is 7.13. The number of amides is 1. The van der Waals surface area contributed by atoms with Gasteiger partial charge in [-0.25, -0.2) is 4.79 Å². The average molecular weight is 331 g/mol. The van der Waals surface area contributed by atoms with Crippen LogP contribution >= 0.6 is 11.3 Å². The van der Waals surface area contributed by atoms with Gasteiger partial charge >= 0.3 is 5.76 Å². The van der Waals surface area contributed by atoms with Gasteiger partial charge < -0.3 is 9.32 Å². The van der Waals surface area contributed by atoms with E-state index in [2.05, 4.69) is 5.10 Å². The SMILES string of the molecule is N#CCCN(CCC#N)C(=O)Cn1nc(-c2cccs2)oc1=O. The van der Waals surface area contributed by atoms with Crippen LogP contribution in [0.25, 0.3) is 10.8 Å². The number of rotatable bonds is 7. The van der Waals surface area contributed by atoms with Crippen molar-refractivity contribution in [3.8, 4) is 22.9 Å². The fraction of sp³-hybridized carbons (Fsp3) is 0.357. The summed E-state index contributed by atoms with van der Waals surface area (Å²) in [5.41, 5.74) is 0. The molecule has 0 saturated heterocycles. The lowest BCUT2D eigenvalue weighted by Crippen LogP contribution is -2.37. The first-order chi connectivity index (χ1) is 11.2. The average Bonchev–Trinajstić information content (AvgIpc) is 3.18. The molecular formula is C14H13N5O3S. The van der Waals surface area contributed by atoms with Crippen molar-refractivity contribution in [1.29, 1.82) is 10.5 Å². The van der Waals surface area contributed by atoms with Gasteiger partial charge in [0, 0.05) is 13.1 Å². The highest BCUT2D eigenvalue weighted by Gasteiger charge is 2.18. The summed E-state index contributed by atoms with van der Waals surface area (Å²) in [7, 11) is 0. The highest BCUT2D eigenvalue weighted by atomic mass is 32.1. The second-order valence-corrected chi connectivity index (χ2v) is 5.45. The van der Waals surface area contributed by atoms with Crippen molar-refractivity contribution in [3.63, 3.8) is 0 Å². The monoisotopic (exact) mass is 331 g/mol. The van der Waals surface area contributed by atoms with Crippen LogP contribution in [0, 0.1) is 22.7 Å². The van der Waals surface area contributed by atoms with E-state index >= 15 is 0 Å². The Hall–Kier alpha value is -2.91. The number of thiophene rings is 1. The van der Waals surface area contributed by atoms with Crippen LogP contribution in [0.3, 0.4) is 0 Å². The van der Waals surface area contributed by atoms with Gasteiger partial charge in [-0.05, 0) is 11.4 Å². The molecule has 0 N–H and O–H groups in total. The van der Waals surface area contributed by atoms with Crippen LogP contribution < -0.4 is 5.76 Å². The molecule has 8 nitrogen and oxygen atoms in total. The molecule has 0 aliphatic rings. The normalized spacial score (nSPS) is 10.0. The molecule has 0 aliphatic heterocycles. The maximum absolute atomic E-state index is 12.2. The van der Waals surface area contributed by atoms with E-state index in [4.69, 9.17) is 14.9 Å². The van der Waals surface area contributed by atoms with E-state index in [9.17, 15) is 9.59 Å². The molecule has 0 spiro atoms. The fourth-order valence-electron chi connectivity index (χ4n) is 1.87. The van der Waals surface area contributed by atoms with E-state index in [0.717, 1.165) is 4.68 Å². The summed E-state index contributed by atoms with van der Waals surface area (Å²) in [5.74, 6) is -0.940. The van der Waals surface area contributed by atoms with Crippen molar-refractivity contribution in [2.24, 2.45) is 0 Å². The zero-order valence-electron chi connectivity index (χ0n) is 12.1. The van der Waals surface area contributed by atoms with Gasteiger partial charge in [0.2, 0.25) is 5.91 Å². The molecule has 9 heteroatoms. The minimum Gasteiger partial charge on any atom is -0.387 e. The van der Waals surface area contributed by atoms with Crippen LogP contribution in [0.4, 0.5) is 0 Å². The molecule has 2 aromatic rings. The number of aromatic nitrogens is 2. The van der Waals surface area contributed by atoms with Crippen LogP contribution in [-0.4, -0.2) is 33.7 Å². The molecule has 0 aliphatic carbocycles. The summed E-state index contributed by atoms with van der Waals surface area (Å²) < 4.78 is 5.98. The third-order valence-corrected chi connectivity index (χ3v) is 3.82.